The minimum absolute atomic E-state index is 0.00459. The molecule has 0 radical (unpaired) electrons. The van der Waals surface area contributed by atoms with Crippen molar-refractivity contribution < 1.29 is 13.2 Å². The molecule has 3 rings (SSSR count). The van der Waals surface area contributed by atoms with Gasteiger partial charge < -0.3 is 9.47 Å². The summed E-state index contributed by atoms with van der Waals surface area (Å²) >= 11 is 0. The Morgan fingerprint density at radius 3 is 2.52 bits per heavy atom. The molecule has 25 heavy (non-hydrogen) atoms. The first kappa shape index (κ1) is 17.6. The van der Waals surface area contributed by atoms with Crippen molar-refractivity contribution in [2.24, 2.45) is 0 Å². The number of nitrogens with zero attached hydrogens (tertiary/aromatic N) is 4. The predicted molar refractivity (Wildman–Crippen MR) is 94.7 cm³/mol. The van der Waals surface area contributed by atoms with Crippen LogP contribution in [-0.4, -0.2) is 47.8 Å². The number of amides is 1. The van der Waals surface area contributed by atoms with Crippen LogP contribution >= 0.6 is 0 Å². The van der Waals surface area contributed by atoms with Gasteiger partial charge in [-0.05, 0) is 31.9 Å². The lowest BCUT2D eigenvalue weighted by molar-refractivity contribution is -0.119. The van der Waals surface area contributed by atoms with E-state index >= 15 is 0 Å². The van der Waals surface area contributed by atoms with Gasteiger partial charge in [-0.3, -0.25) is 4.79 Å². The molecule has 0 N–H and O–H groups in total. The summed E-state index contributed by atoms with van der Waals surface area (Å²) in [6, 6.07) is 9.40. The second-order valence-corrected chi connectivity index (χ2v) is 7.85. The number of anilines is 1. The fourth-order valence-corrected chi connectivity index (χ4v) is 4.42. The van der Waals surface area contributed by atoms with E-state index in [9.17, 15) is 13.2 Å². The first-order valence-corrected chi connectivity index (χ1v) is 9.83. The van der Waals surface area contributed by atoms with E-state index in [1.807, 2.05) is 37.3 Å². The van der Waals surface area contributed by atoms with Gasteiger partial charge in [-0.15, -0.1) is 0 Å². The summed E-state index contributed by atoms with van der Waals surface area (Å²) in [6.07, 6.45) is 4.59. The SMILES string of the molecule is CCN(C(=O)Cn1cnc(S(=O)(=O)N2CCCC2)c1)c1ccccc1. The molecule has 0 bridgehead atoms. The van der Waals surface area contributed by atoms with E-state index < -0.39 is 10.0 Å². The van der Waals surface area contributed by atoms with Gasteiger partial charge in [0.2, 0.25) is 5.91 Å². The third-order valence-electron chi connectivity index (χ3n) is 4.28. The molecule has 2 heterocycles. The standard InChI is InChI=1S/C17H22N4O3S/c1-2-21(15-8-4-3-5-9-15)17(22)13-19-12-16(18-14-19)25(23,24)20-10-6-7-11-20/h3-5,8-9,12,14H,2,6-7,10-11,13H2,1H3. The first-order valence-electron chi connectivity index (χ1n) is 8.39. The molecule has 1 saturated heterocycles. The van der Waals surface area contributed by atoms with Crippen molar-refractivity contribution in [1.29, 1.82) is 0 Å². The van der Waals surface area contributed by atoms with Crippen molar-refractivity contribution in [3.05, 3.63) is 42.9 Å². The Balaban J connectivity index is 1.73. The number of imidazole rings is 1. The number of rotatable bonds is 6. The van der Waals surface area contributed by atoms with Crippen LogP contribution in [0.2, 0.25) is 0 Å². The van der Waals surface area contributed by atoms with Crippen LogP contribution in [0.3, 0.4) is 0 Å². The number of sulfonamides is 1. The molecule has 1 aliphatic heterocycles. The third-order valence-corrected chi connectivity index (χ3v) is 6.07. The van der Waals surface area contributed by atoms with E-state index in [1.165, 1.54) is 21.4 Å². The number of hydrogen-bond donors (Lipinski definition) is 0. The number of likely N-dealkylation sites (N-methyl/N-ethyl adjacent to an activating group) is 1. The molecule has 0 saturated carbocycles. The fraction of sp³-hybridized carbons (Fsp3) is 0.412. The zero-order valence-electron chi connectivity index (χ0n) is 14.2. The first-order chi connectivity index (χ1) is 12.0. The second-order valence-electron chi connectivity index (χ2n) is 5.97. The third kappa shape index (κ3) is 3.74. The molecule has 1 aromatic carbocycles. The average Bonchev–Trinajstić information content (AvgIpc) is 3.29. The van der Waals surface area contributed by atoms with Gasteiger partial charge in [-0.1, -0.05) is 18.2 Å². The molecular weight excluding hydrogens is 340 g/mol. The van der Waals surface area contributed by atoms with Crippen molar-refractivity contribution in [3.63, 3.8) is 0 Å². The molecule has 0 spiro atoms. The second kappa shape index (κ2) is 7.37. The molecule has 134 valence electrons. The van der Waals surface area contributed by atoms with Crippen LogP contribution in [0.15, 0.2) is 47.9 Å². The maximum atomic E-state index is 12.6. The van der Waals surface area contributed by atoms with Gasteiger partial charge in [-0.2, -0.15) is 4.31 Å². The largest absolute Gasteiger partial charge is 0.327 e. The van der Waals surface area contributed by atoms with E-state index in [0.717, 1.165) is 18.5 Å². The molecule has 8 heteroatoms. The van der Waals surface area contributed by atoms with Crippen LogP contribution in [-0.2, 0) is 21.4 Å². The van der Waals surface area contributed by atoms with Gasteiger partial charge in [0.05, 0.1) is 6.33 Å². The van der Waals surface area contributed by atoms with Gasteiger partial charge in [0.15, 0.2) is 5.03 Å². The lowest BCUT2D eigenvalue weighted by atomic mass is 10.3. The Kier molecular flexibility index (Phi) is 5.19. The van der Waals surface area contributed by atoms with Crippen LogP contribution in [0.4, 0.5) is 5.69 Å². The molecule has 0 atom stereocenters. The monoisotopic (exact) mass is 362 g/mol. The van der Waals surface area contributed by atoms with Gasteiger partial charge >= 0.3 is 0 Å². The van der Waals surface area contributed by atoms with Crippen molar-refractivity contribution in [3.8, 4) is 0 Å². The molecule has 2 aromatic rings. The van der Waals surface area contributed by atoms with E-state index in [1.54, 1.807) is 4.90 Å². The molecule has 1 aliphatic rings. The van der Waals surface area contributed by atoms with Crippen LogP contribution in [0.1, 0.15) is 19.8 Å². The van der Waals surface area contributed by atoms with Crippen LogP contribution in [0.5, 0.6) is 0 Å². The van der Waals surface area contributed by atoms with Gasteiger partial charge in [0.25, 0.3) is 10.0 Å². The van der Waals surface area contributed by atoms with Gasteiger partial charge in [0.1, 0.15) is 6.54 Å². The van der Waals surface area contributed by atoms with E-state index in [-0.39, 0.29) is 17.5 Å². The molecule has 1 fully saturated rings. The lowest BCUT2D eigenvalue weighted by Gasteiger charge is -2.21. The minimum atomic E-state index is -3.56. The lowest BCUT2D eigenvalue weighted by Crippen LogP contribution is -2.33. The highest BCUT2D eigenvalue weighted by atomic mass is 32.2. The zero-order valence-corrected chi connectivity index (χ0v) is 15.0. The summed E-state index contributed by atoms with van der Waals surface area (Å²) in [5, 5.41) is 0.00459. The molecule has 7 nitrogen and oxygen atoms in total. The van der Waals surface area contributed by atoms with E-state index in [4.69, 9.17) is 0 Å². The molecule has 0 unspecified atom stereocenters. The van der Waals surface area contributed by atoms with Gasteiger partial charge in [-0.25, -0.2) is 13.4 Å². The highest BCUT2D eigenvalue weighted by molar-refractivity contribution is 7.89. The average molecular weight is 362 g/mol. The Morgan fingerprint density at radius 1 is 1.20 bits per heavy atom. The maximum Gasteiger partial charge on any atom is 0.262 e. The fourth-order valence-electron chi connectivity index (χ4n) is 2.97. The number of carbonyl (C=O) groups excluding carboxylic acids is 1. The Morgan fingerprint density at radius 2 is 1.88 bits per heavy atom. The summed E-state index contributed by atoms with van der Waals surface area (Å²) in [7, 11) is -3.56. The molecular formula is C17H22N4O3S. The van der Waals surface area contributed by atoms with Crippen molar-refractivity contribution in [2.75, 3.05) is 24.5 Å². The van der Waals surface area contributed by atoms with Gasteiger partial charge in [0, 0.05) is 31.5 Å². The predicted octanol–water partition coefficient (Wildman–Crippen LogP) is 1.72. The smallest absolute Gasteiger partial charge is 0.262 e. The summed E-state index contributed by atoms with van der Waals surface area (Å²) in [4.78, 5) is 18.2. The number of carbonyl (C=O) groups is 1. The van der Waals surface area contributed by atoms with E-state index in [2.05, 4.69) is 4.98 Å². The van der Waals surface area contributed by atoms with Crippen molar-refractivity contribution in [1.82, 2.24) is 13.9 Å². The highest BCUT2D eigenvalue weighted by Gasteiger charge is 2.29. The normalized spacial score (nSPS) is 15.4. The summed E-state index contributed by atoms with van der Waals surface area (Å²) in [5.41, 5.74) is 0.819. The Labute approximate surface area is 147 Å². The molecule has 1 amide bonds. The Bertz CT molecular complexity index is 827. The van der Waals surface area contributed by atoms with Crippen LogP contribution < -0.4 is 4.90 Å². The quantitative estimate of drug-likeness (QED) is 0.784. The molecule has 0 aliphatic carbocycles. The number of hydrogen-bond acceptors (Lipinski definition) is 4. The highest BCUT2D eigenvalue weighted by Crippen LogP contribution is 2.19. The topological polar surface area (TPSA) is 75.5 Å². The molecule has 1 aromatic heterocycles. The zero-order chi connectivity index (χ0) is 17.9. The summed E-state index contributed by atoms with van der Waals surface area (Å²) in [6.45, 7) is 3.56. The summed E-state index contributed by atoms with van der Waals surface area (Å²) < 4.78 is 28.0. The van der Waals surface area contributed by atoms with Crippen molar-refractivity contribution in [2.45, 2.75) is 31.3 Å². The van der Waals surface area contributed by atoms with E-state index in [0.29, 0.717) is 19.6 Å². The maximum absolute atomic E-state index is 12.6. The summed E-state index contributed by atoms with van der Waals surface area (Å²) in [5.74, 6) is -0.115. The van der Waals surface area contributed by atoms with Crippen LogP contribution in [0.25, 0.3) is 0 Å². The number of para-hydroxylation sites is 1. The minimum Gasteiger partial charge on any atom is -0.327 e. The number of benzene rings is 1. The van der Waals surface area contributed by atoms with Crippen molar-refractivity contribution >= 4 is 21.6 Å². The number of aromatic nitrogens is 2. The van der Waals surface area contributed by atoms with Crippen LogP contribution in [0, 0.1) is 0 Å². The Hall–Kier alpha value is -2.19.